The molecule has 1 aromatic carbocycles. The number of amides is 1. The van der Waals surface area contributed by atoms with Crippen molar-refractivity contribution in [2.75, 3.05) is 0 Å². The zero-order valence-corrected chi connectivity index (χ0v) is 19.4. The van der Waals surface area contributed by atoms with Crippen LogP contribution in [0, 0.1) is 23.7 Å². The molecule has 0 unspecified atom stereocenters. The molecule has 7 heteroatoms. The van der Waals surface area contributed by atoms with Gasteiger partial charge in [0.25, 0.3) is 11.5 Å². The summed E-state index contributed by atoms with van der Waals surface area (Å²) in [4.78, 5) is 31.3. The van der Waals surface area contributed by atoms with Crippen LogP contribution in [0.2, 0.25) is 0 Å². The Balaban J connectivity index is 1.56. The molecular weight excluding hydrogens is 468 g/mol. The van der Waals surface area contributed by atoms with E-state index in [0.717, 1.165) is 28.3 Å². The third-order valence-corrected chi connectivity index (χ3v) is 7.49. The molecule has 1 spiro atoms. The third-order valence-electron chi connectivity index (χ3n) is 7.06. The van der Waals surface area contributed by atoms with Crippen molar-refractivity contribution in [1.82, 2.24) is 14.9 Å². The van der Waals surface area contributed by atoms with E-state index in [4.69, 9.17) is 0 Å². The summed E-state index contributed by atoms with van der Waals surface area (Å²) in [7, 11) is 0. The third kappa shape index (κ3) is 3.53. The number of rotatable bonds is 4. The highest BCUT2D eigenvalue weighted by atomic mass is 79.9. The molecule has 0 aliphatic heterocycles. The highest BCUT2D eigenvalue weighted by molar-refractivity contribution is 9.10. The molecule has 2 aliphatic carbocycles. The van der Waals surface area contributed by atoms with E-state index in [1.807, 2.05) is 19.1 Å². The SMILES string of the molecule is Cc1c(C(=O)NC2CC3(CCC3)C2)c(=O)n(Cc2cccc(C#N)c2)c2ncc(Br)cc12. The first kappa shape index (κ1) is 20.9. The Bertz CT molecular complexity index is 1340. The van der Waals surface area contributed by atoms with Gasteiger partial charge in [-0.25, -0.2) is 4.98 Å². The second kappa shape index (κ2) is 7.86. The van der Waals surface area contributed by atoms with Gasteiger partial charge in [0, 0.05) is 22.1 Å². The van der Waals surface area contributed by atoms with E-state index in [1.54, 1.807) is 24.4 Å². The molecule has 2 saturated carbocycles. The molecule has 2 aliphatic rings. The highest BCUT2D eigenvalue weighted by Crippen LogP contribution is 2.55. The van der Waals surface area contributed by atoms with Gasteiger partial charge in [-0.15, -0.1) is 0 Å². The van der Waals surface area contributed by atoms with Crippen LogP contribution in [-0.4, -0.2) is 21.5 Å². The fourth-order valence-electron chi connectivity index (χ4n) is 5.22. The lowest BCUT2D eigenvalue weighted by Crippen LogP contribution is -2.54. The maximum Gasteiger partial charge on any atom is 0.265 e. The first-order chi connectivity index (χ1) is 15.4. The molecule has 2 aromatic heterocycles. The molecular formula is C25H23BrN4O2. The predicted molar refractivity (Wildman–Crippen MR) is 125 cm³/mol. The van der Waals surface area contributed by atoms with E-state index in [-0.39, 0.29) is 29.6 Å². The van der Waals surface area contributed by atoms with Gasteiger partial charge in [0.2, 0.25) is 0 Å². The summed E-state index contributed by atoms with van der Waals surface area (Å²) >= 11 is 3.46. The Kier molecular flexibility index (Phi) is 5.13. The second-order valence-corrected chi connectivity index (χ2v) is 10.1. The quantitative estimate of drug-likeness (QED) is 0.584. The largest absolute Gasteiger partial charge is 0.349 e. The number of nitrogens with one attached hydrogen (secondary N) is 1. The lowest BCUT2D eigenvalue weighted by Gasteiger charge is -2.54. The molecule has 1 amide bonds. The number of nitrogens with zero attached hydrogens (tertiary/aromatic N) is 3. The van der Waals surface area contributed by atoms with E-state index in [1.165, 1.54) is 23.8 Å². The summed E-state index contributed by atoms with van der Waals surface area (Å²) in [5, 5.41) is 13.1. The monoisotopic (exact) mass is 490 g/mol. The Labute approximate surface area is 194 Å². The number of aryl methyl sites for hydroxylation is 1. The number of halogens is 1. The van der Waals surface area contributed by atoms with Crippen molar-refractivity contribution in [3.63, 3.8) is 0 Å². The fourth-order valence-corrected chi connectivity index (χ4v) is 5.55. The zero-order chi connectivity index (χ0) is 22.5. The number of hydrogen-bond acceptors (Lipinski definition) is 4. The smallest absolute Gasteiger partial charge is 0.265 e. The van der Waals surface area contributed by atoms with Crippen LogP contribution in [0.25, 0.3) is 11.0 Å². The van der Waals surface area contributed by atoms with Crippen LogP contribution < -0.4 is 10.9 Å². The van der Waals surface area contributed by atoms with Crippen LogP contribution in [0.5, 0.6) is 0 Å². The van der Waals surface area contributed by atoms with Crippen LogP contribution in [0.15, 0.2) is 45.8 Å². The molecule has 2 fully saturated rings. The molecule has 0 bridgehead atoms. The Morgan fingerprint density at radius 3 is 2.81 bits per heavy atom. The average molecular weight is 491 g/mol. The standard InChI is InChI=1S/C25H23BrN4O2/c1-15-20-9-18(26)13-28-22(20)30(14-17-5-2-4-16(8-17)12-27)24(32)21(15)23(31)29-19-10-25(11-19)6-3-7-25/h2,4-5,8-9,13,19H,3,6-7,10-11,14H2,1H3,(H,29,31). The van der Waals surface area contributed by atoms with E-state index in [0.29, 0.717) is 22.2 Å². The van der Waals surface area contributed by atoms with Crippen LogP contribution >= 0.6 is 15.9 Å². The lowest BCUT2D eigenvalue weighted by molar-refractivity contribution is -0.000658. The number of nitriles is 1. The molecule has 5 rings (SSSR count). The minimum Gasteiger partial charge on any atom is -0.349 e. The van der Waals surface area contributed by atoms with Crippen molar-refractivity contribution in [3.05, 3.63) is 73.6 Å². The van der Waals surface area contributed by atoms with Gasteiger partial charge in [0.05, 0.1) is 18.2 Å². The zero-order valence-electron chi connectivity index (χ0n) is 17.8. The lowest BCUT2D eigenvalue weighted by atomic mass is 9.54. The highest BCUT2D eigenvalue weighted by Gasteiger charge is 2.48. The van der Waals surface area contributed by atoms with Crippen molar-refractivity contribution >= 4 is 32.9 Å². The predicted octanol–water partition coefficient (Wildman–Crippen LogP) is 4.45. The van der Waals surface area contributed by atoms with Gasteiger partial charge in [-0.1, -0.05) is 18.6 Å². The van der Waals surface area contributed by atoms with Gasteiger partial charge in [0.15, 0.2) is 0 Å². The number of fused-ring (bicyclic) bond motifs is 1. The maximum absolute atomic E-state index is 13.6. The summed E-state index contributed by atoms with van der Waals surface area (Å²) in [5.74, 6) is -0.312. The van der Waals surface area contributed by atoms with Gasteiger partial charge in [0.1, 0.15) is 11.2 Å². The summed E-state index contributed by atoms with van der Waals surface area (Å²) < 4.78 is 2.32. The Morgan fingerprint density at radius 2 is 2.12 bits per heavy atom. The molecule has 0 atom stereocenters. The Hall–Kier alpha value is -2.98. The van der Waals surface area contributed by atoms with Gasteiger partial charge >= 0.3 is 0 Å². The van der Waals surface area contributed by atoms with Crippen molar-refractivity contribution in [2.24, 2.45) is 5.41 Å². The van der Waals surface area contributed by atoms with E-state index >= 15 is 0 Å². The van der Waals surface area contributed by atoms with Crippen molar-refractivity contribution in [3.8, 4) is 6.07 Å². The number of benzene rings is 1. The molecule has 1 N–H and O–H groups in total. The van der Waals surface area contributed by atoms with Crippen molar-refractivity contribution < 1.29 is 4.79 Å². The summed E-state index contributed by atoms with van der Waals surface area (Å²) in [6.07, 6.45) is 7.45. The first-order valence-electron chi connectivity index (χ1n) is 10.9. The fraction of sp³-hybridized carbons (Fsp3) is 0.360. The van der Waals surface area contributed by atoms with Gasteiger partial charge in [-0.05, 0) is 83.3 Å². The van der Waals surface area contributed by atoms with E-state index in [2.05, 4.69) is 32.3 Å². The minimum atomic E-state index is -0.359. The van der Waals surface area contributed by atoms with Crippen LogP contribution in [-0.2, 0) is 6.54 Å². The number of carbonyl (C=O) groups excluding carboxylic acids is 1. The number of hydrogen-bond donors (Lipinski definition) is 1. The molecule has 0 radical (unpaired) electrons. The summed E-state index contributed by atoms with van der Waals surface area (Å²) in [6.45, 7) is 2.04. The molecule has 2 heterocycles. The van der Waals surface area contributed by atoms with Crippen molar-refractivity contribution in [2.45, 2.75) is 51.6 Å². The molecule has 6 nitrogen and oxygen atoms in total. The first-order valence-corrected chi connectivity index (χ1v) is 11.7. The molecule has 162 valence electrons. The van der Waals surface area contributed by atoms with Crippen LogP contribution in [0.1, 0.15) is 59.2 Å². The van der Waals surface area contributed by atoms with E-state index < -0.39 is 0 Å². The average Bonchev–Trinajstić information content (AvgIpc) is 2.72. The van der Waals surface area contributed by atoms with Gasteiger partial charge in [-0.2, -0.15) is 5.26 Å². The number of carbonyl (C=O) groups is 1. The topological polar surface area (TPSA) is 87.8 Å². The number of pyridine rings is 2. The van der Waals surface area contributed by atoms with Gasteiger partial charge in [-0.3, -0.25) is 14.2 Å². The maximum atomic E-state index is 13.6. The molecule has 0 saturated heterocycles. The van der Waals surface area contributed by atoms with Crippen molar-refractivity contribution in [1.29, 1.82) is 5.26 Å². The second-order valence-electron chi connectivity index (χ2n) is 9.16. The van der Waals surface area contributed by atoms with Crippen LogP contribution in [0.3, 0.4) is 0 Å². The molecule has 3 aromatic rings. The van der Waals surface area contributed by atoms with E-state index in [9.17, 15) is 14.9 Å². The molecule has 32 heavy (non-hydrogen) atoms. The van der Waals surface area contributed by atoms with Gasteiger partial charge < -0.3 is 5.32 Å². The normalized spacial score (nSPS) is 16.9. The Morgan fingerprint density at radius 1 is 1.34 bits per heavy atom. The van der Waals surface area contributed by atoms with Crippen LogP contribution in [0.4, 0.5) is 0 Å². The number of aromatic nitrogens is 2. The summed E-state index contributed by atoms with van der Waals surface area (Å²) in [5.41, 5.74) is 2.74. The minimum absolute atomic E-state index is 0.138. The summed E-state index contributed by atoms with van der Waals surface area (Å²) in [6, 6.07) is 11.3.